The molecule has 9 heteroatoms. The first-order valence-corrected chi connectivity index (χ1v) is 11.0. The number of aromatic nitrogens is 3. The van der Waals surface area contributed by atoms with Gasteiger partial charge in [0.05, 0.1) is 41.1 Å². The van der Waals surface area contributed by atoms with E-state index in [1.165, 1.54) is 0 Å². The molecule has 4 rings (SSSR count). The van der Waals surface area contributed by atoms with Crippen LogP contribution in [0.4, 0.5) is 23.0 Å². The summed E-state index contributed by atoms with van der Waals surface area (Å²) in [5.41, 5.74) is 12.0. The summed E-state index contributed by atoms with van der Waals surface area (Å²) in [6, 6.07) is 9.90. The summed E-state index contributed by atoms with van der Waals surface area (Å²) in [5, 5.41) is 8.16. The molecule has 2 aromatic heterocycles. The number of nitrogens with one attached hydrogen (secondary N) is 3. The van der Waals surface area contributed by atoms with Gasteiger partial charge in [0.2, 0.25) is 5.95 Å². The maximum absolute atomic E-state index is 6.47. The first-order chi connectivity index (χ1) is 15.9. The van der Waals surface area contributed by atoms with E-state index < -0.39 is 0 Å². The normalized spacial score (nSPS) is 11.2. The number of aromatic amines is 1. The van der Waals surface area contributed by atoms with Gasteiger partial charge in [0.15, 0.2) is 0 Å². The van der Waals surface area contributed by atoms with Gasteiger partial charge >= 0.3 is 0 Å². The number of benzene rings is 2. The van der Waals surface area contributed by atoms with Crippen molar-refractivity contribution in [3.8, 4) is 17.0 Å². The highest BCUT2D eigenvalue weighted by molar-refractivity contribution is 6.33. The molecule has 0 aliphatic carbocycles. The van der Waals surface area contributed by atoms with Gasteiger partial charge in [0.1, 0.15) is 5.75 Å². The number of nitrogens with zero attached hydrogens (tertiary/aromatic N) is 3. The van der Waals surface area contributed by atoms with Crippen LogP contribution >= 0.6 is 11.6 Å². The second-order valence-electron chi connectivity index (χ2n) is 8.03. The van der Waals surface area contributed by atoms with Crippen molar-refractivity contribution in [1.29, 1.82) is 0 Å². The van der Waals surface area contributed by atoms with E-state index in [1.807, 2.05) is 57.5 Å². The summed E-state index contributed by atoms with van der Waals surface area (Å²) >= 11 is 6.47. The molecule has 0 fully saturated rings. The van der Waals surface area contributed by atoms with Crippen molar-refractivity contribution < 1.29 is 4.74 Å². The molecule has 0 bridgehead atoms. The van der Waals surface area contributed by atoms with Gasteiger partial charge in [0.25, 0.3) is 0 Å². The number of hydrogen-bond acceptors (Lipinski definition) is 7. The van der Waals surface area contributed by atoms with Crippen LogP contribution in [0.15, 0.2) is 42.7 Å². The first kappa shape index (κ1) is 22.7. The predicted octanol–water partition coefficient (Wildman–Crippen LogP) is 4.89. The van der Waals surface area contributed by atoms with E-state index in [1.54, 1.807) is 13.3 Å². The zero-order chi connectivity index (χ0) is 23.5. The summed E-state index contributed by atoms with van der Waals surface area (Å²) in [6.45, 7) is 3.59. The molecule has 2 aromatic carbocycles. The number of hydrogen-bond donors (Lipinski definition) is 4. The lowest BCUT2D eigenvalue weighted by molar-refractivity contribution is 0.416. The SMILES string of the molecule is COc1cc(NCCN(C)C)c(N)c(C)c1Nc1ncc(Cl)c(-c2c[nH]c3ccccc23)n1. The van der Waals surface area contributed by atoms with E-state index in [9.17, 15) is 0 Å². The predicted molar refractivity (Wildman–Crippen MR) is 137 cm³/mol. The van der Waals surface area contributed by atoms with Crippen molar-refractivity contribution >= 4 is 45.5 Å². The monoisotopic (exact) mass is 465 g/mol. The summed E-state index contributed by atoms with van der Waals surface area (Å²) in [7, 11) is 5.68. The number of fused-ring (bicyclic) bond motifs is 1. The van der Waals surface area contributed by atoms with Gasteiger partial charge in [0, 0.05) is 47.4 Å². The van der Waals surface area contributed by atoms with Gasteiger partial charge in [-0.25, -0.2) is 9.97 Å². The molecule has 8 nitrogen and oxygen atoms in total. The van der Waals surface area contributed by atoms with Gasteiger partial charge in [-0.1, -0.05) is 29.8 Å². The third-order valence-electron chi connectivity index (χ3n) is 5.51. The van der Waals surface area contributed by atoms with Crippen LogP contribution < -0.4 is 21.1 Å². The van der Waals surface area contributed by atoms with E-state index >= 15 is 0 Å². The first-order valence-electron chi connectivity index (χ1n) is 10.6. The number of ether oxygens (including phenoxy) is 1. The summed E-state index contributed by atoms with van der Waals surface area (Å²) in [5.74, 6) is 1.04. The molecule has 172 valence electrons. The summed E-state index contributed by atoms with van der Waals surface area (Å²) in [6.07, 6.45) is 3.50. The Morgan fingerprint density at radius 3 is 2.79 bits per heavy atom. The Morgan fingerprint density at radius 1 is 1.24 bits per heavy atom. The average Bonchev–Trinajstić information content (AvgIpc) is 3.23. The summed E-state index contributed by atoms with van der Waals surface area (Å²) in [4.78, 5) is 14.5. The largest absolute Gasteiger partial charge is 0.494 e. The number of para-hydroxylation sites is 1. The number of halogens is 1. The standard InChI is InChI=1S/C24H28ClN7O/c1-14-21(26)19(27-9-10-32(2)3)11-20(33-4)22(14)30-24-29-13-17(25)23(31-24)16-12-28-18-8-6-5-7-15(16)18/h5-8,11-13,27-28H,9-10,26H2,1-4H3,(H,29,30,31). The van der Waals surface area contributed by atoms with E-state index in [0.717, 1.165) is 40.8 Å². The van der Waals surface area contributed by atoms with Crippen LogP contribution in [-0.4, -0.2) is 54.1 Å². The lowest BCUT2D eigenvalue weighted by Crippen LogP contribution is -2.21. The third-order valence-corrected chi connectivity index (χ3v) is 5.79. The van der Waals surface area contributed by atoms with Crippen molar-refractivity contribution in [2.24, 2.45) is 0 Å². The number of H-pyrrole nitrogens is 1. The topological polar surface area (TPSA) is 104 Å². The highest BCUT2D eigenvalue weighted by Crippen LogP contribution is 2.40. The maximum Gasteiger partial charge on any atom is 0.227 e. The molecule has 0 saturated carbocycles. The van der Waals surface area contributed by atoms with Crippen molar-refractivity contribution in [2.75, 3.05) is 50.7 Å². The molecular weight excluding hydrogens is 438 g/mol. The Labute approximate surface area is 198 Å². The molecule has 0 unspecified atom stereocenters. The minimum absolute atomic E-state index is 0.397. The molecule has 5 N–H and O–H groups in total. The summed E-state index contributed by atoms with van der Waals surface area (Å²) < 4.78 is 5.65. The average molecular weight is 466 g/mol. The number of nitrogens with two attached hydrogens (primary N) is 1. The molecule has 0 aliphatic heterocycles. The molecule has 0 radical (unpaired) electrons. The van der Waals surface area contributed by atoms with Crippen LogP contribution in [0.1, 0.15) is 5.56 Å². The van der Waals surface area contributed by atoms with Gasteiger partial charge in [-0.15, -0.1) is 0 Å². The van der Waals surface area contributed by atoms with Gasteiger partial charge in [-0.3, -0.25) is 0 Å². The number of nitrogen functional groups attached to an aromatic ring is 1. The van der Waals surface area contributed by atoms with Crippen LogP contribution in [0.25, 0.3) is 22.2 Å². The lowest BCUT2D eigenvalue weighted by atomic mass is 10.1. The quantitative estimate of drug-likeness (QED) is 0.274. The fourth-order valence-corrected chi connectivity index (χ4v) is 3.87. The molecule has 0 saturated heterocycles. The molecular formula is C24H28ClN7O. The second kappa shape index (κ2) is 9.56. The van der Waals surface area contributed by atoms with E-state index in [0.29, 0.717) is 33.8 Å². The second-order valence-corrected chi connectivity index (χ2v) is 8.44. The highest BCUT2D eigenvalue weighted by Gasteiger charge is 2.17. The van der Waals surface area contributed by atoms with Crippen molar-refractivity contribution in [3.05, 3.63) is 53.3 Å². The highest BCUT2D eigenvalue weighted by atomic mass is 35.5. The maximum atomic E-state index is 6.47. The molecule has 4 aromatic rings. The van der Waals surface area contributed by atoms with Gasteiger partial charge in [-0.2, -0.15) is 0 Å². The van der Waals surface area contributed by atoms with Crippen molar-refractivity contribution in [3.63, 3.8) is 0 Å². The fraction of sp³-hybridized carbons (Fsp3) is 0.250. The van der Waals surface area contributed by atoms with E-state index in [-0.39, 0.29) is 0 Å². The van der Waals surface area contributed by atoms with Gasteiger partial charge < -0.3 is 31.0 Å². The Morgan fingerprint density at radius 2 is 2.03 bits per heavy atom. The number of likely N-dealkylation sites (N-methyl/N-ethyl adjacent to an activating group) is 1. The van der Waals surface area contributed by atoms with Crippen molar-refractivity contribution in [1.82, 2.24) is 19.9 Å². The molecule has 33 heavy (non-hydrogen) atoms. The minimum atomic E-state index is 0.397. The third kappa shape index (κ3) is 4.67. The van der Waals surface area contributed by atoms with Gasteiger partial charge in [-0.05, 0) is 27.1 Å². The minimum Gasteiger partial charge on any atom is -0.494 e. The number of methoxy groups -OCH3 is 1. The number of rotatable bonds is 8. The fourth-order valence-electron chi connectivity index (χ4n) is 3.67. The Balaban J connectivity index is 1.68. The molecule has 0 amide bonds. The van der Waals surface area contributed by atoms with E-state index in [4.69, 9.17) is 27.1 Å². The smallest absolute Gasteiger partial charge is 0.227 e. The Bertz CT molecular complexity index is 1290. The molecule has 0 aliphatic rings. The Kier molecular flexibility index (Phi) is 6.57. The zero-order valence-electron chi connectivity index (χ0n) is 19.2. The number of anilines is 4. The van der Waals surface area contributed by atoms with Crippen LogP contribution in [0.5, 0.6) is 5.75 Å². The van der Waals surface area contributed by atoms with Crippen molar-refractivity contribution in [2.45, 2.75) is 6.92 Å². The Hall–Kier alpha value is -3.49. The van der Waals surface area contributed by atoms with E-state index in [2.05, 4.69) is 25.5 Å². The molecule has 0 atom stereocenters. The lowest BCUT2D eigenvalue weighted by Gasteiger charge is -2.20. The molecule has 0 spiro atoms. The van der Waals surface area contributed by atoms with Crippen LogP contribution in [0.3, 0.4) is 0 Å². The van der Waals surface area contributed by atoms with Crippen LogP contribution in [0, 0.1) is 6.92 Å². The zero-order valence-corrected chi connectivity index (χ0v) is 19.9. The van der Waals surface area contributed by atoms with Crippen LogP contribution in [0.2, 0.25) is 5.02 Å². The van der Waals surface area contributed by atoms with Crippen LogP contribution in [-0.2, 0) is 0 Å². The molecule has 2 heterocycles.